The summed E-state index contributed by atoms with van der Waals surface area (Å²) in [6, 6.07) is 15.1. The second-order valence-electron chi connectivity index (χ2n) is 7.90. The van der Waals surface area contributed by atoms with E-state index in [0.29, 0.717) is 15.3 Å². The van der Waals surface area contributed by atoms with E-state index in [-0.39, 0.29) is 17.7 Å². The van der Waals surface area contributed by atoms with Gasteiger partial charge in [-0.25, -0.2) is 4.98 Å². The van der Waals surface area contributed by atoms with Gasteiger partial charge in [-0.15, -0.1) is 21.5 Å². The van der Waals surface area contributed by atoms with E-state index in [0.717, 1.165) is 28.5 Å². The molecular formula is C24H25ClN6O2S2. The van der Waals surface area contributed by atoms with Crippen molar-refractivity contribution in [1.29, 1.82) is 0 Å². The Kier molecular flexibility index (Phi) is 8.07. The van der Waals surface area contributed by atoms with Gasteiger partial charge < -0.3 is 10.1 Å². The number of aromatic nitrogens is 4. The molecule has 0 bridgehead atoms. The number of hydrogen-bond acceptors (Lipinski definition) is 8. The highest BCUT2D eigenvalue weighted by molar-refractivity contribution is 7.99. The molecule has 1 N–H and O–H groups in total. The summed E-state index contributed by atoms with van der Waals surface area (Å²) in [5.74, 6) is 1.56. The third-order valence-corrected chi connectivity index (χ3v) is 7.30. The van der Waals surface area contributed by atoms with Crippen molar-refractivity contribution in [2.45, 2.75) is 18.1 Å². The molecule has 0 unspecified atom stereocenters. The summed E-state index contributed by atoms with van der Waals surface area (Å²) in [5.41, 5.74) is 2.64. The van der Waals surface area contributed by atoms with Gasteiger partial charge in [-0.1, -0.05) is 23.4 Å². The Hall–Kier alpha value is -2.92. The van der Waals surface area contributed by atoms with E-state index in [2.05, 4.69) is 32.3 Å². The normalized spacial score (nSPS) is 12.1. The smallest absolute Gasteiger partial charge is 0.236 e. The SMILES string of the molecule is COc1ccc(-c2csc(NC(=O)CSc3nnc([C@@H](C)N(C)C)n3-c3ccc(Cl)cc3)n2)cc1. The lowest BCUT2D eigenvalue weighted by atomic mass is 10.2. The number of thiazole rings is 1. The van der Waals surface area contributed by atoms with Crippen molar-refractivity contribution < 1.29 is 9.53 Å². The van der Waals surface area contributed by atoms with E-state index in [9.17, 15) is 4.79 Å². The fourth-order valence-corrected chi connectivity index (χ4v) is 4.84. The Balaban J connectivity index is 1.46. The number of hydrogen-bond donors (Lipinski definition) is 1. The molecule has 2 heterocycles. The van der Waals surface area contributed by atoms with E-state index < -0.39 is 0 Å². The van der Waals surface area contributed by atoms with Crippen LogP contribution in [-0.2, 0) is 4.79 Å². The topological polar surface area (TPSA) is 85.2 Å². The first-order valence-electron chi connectivity index (χ1n) is 10.8. The van der Waals surface area contributed by atoms with Crippen molar-refractivity contribution in [3.8, 4) is 22.7 Å². The van der Waals surface area contributed by atoms with Gasteiger partial charge in [0.15, 0.2) is 16.1 Å². The molecule has 182 valence electrons. The number of nitrogens with zero attached hydrogens (tertiary/aromatic N) is 5. The highest BCUT2D eigenvalue weighted by Gasteiger charge is 2.21. The molecule has 0 aliphatic rings. The number of carbonyl (C=O) groups excluding carboxylic acids is 1. The van der Waals surface area contributed by atoms with Crippen molar-refractivity contribution >= 4 is 45.7 Å². The molecule has 8 nitrogen and oxygen atoms in total. The minimum absolute atomic E-state index is 0.0213. The lowest BCUT2D eigenvalue weighted by Gasteiger charge is -2.20. The monoisotopic (exact) mass is 528 g/mol. The van der Waals surface area contributed by atoms with Gasteiger partial charge in [-0.05, 0) is 69.6 Å². The molecule has 0 saturated carbocycles. The average Bonchev–Trinajstić information content (AvgIpc) is 3.50. The maximum Gasteiger partial charge on any atom is 0.236 e. The van der Waals surface area contributed by atoms with Crippen molar-refractivity contribution in [2.24, 2.45) is 0 Å². The molecule has 11 heteroatoms. The minimum atomic E-state index is -0.168. The van der Waals surface area contributed by atoms with Crippen LogP contribution in [0.5, 0.6) is 5.75 Å². The van der Waals surface area contributed by atoms with E-state index in [1.165, 1.54) is 23.1 Å². The zero-order valence-electron chi connectivity index (χ0n) is 19.7. The number of anilines is 1. The van der Waals surface area contributed by atoms with E-state index in [1.54, 1.807) is 7.11 Å². The zero-order chi connectivity index (χ0) is 24.9. The largest absolute Gasteiger partial charge is 0.497 e. The van der Waals surface area contributed by atoms with Gasteiger partial charge in [0, 0.05) is 21.7 Å². The van der Waals surface area contributed by atoms with Crippen LogP contribution in [-0.4, -0.2) is 57.5 Å². The van der Waals surface area contributed by atoms with Crippen molar-refractivity contribution in [3.63, 3.8) is 0 Å². The quantitative estimate of drug-likeness (QED) is 0.291. The molecule has 4 aromatic rings. The molecule has 4 rings (SSSR count). The van der Waals surface area contributed by atoms with E-state index >= 15 is 0 Å². The van der Waals surface area contributed by atoms with Gasteiger partial charge in [0.05, 0.1) is 24.6 Å². The third-order valence-electron chi connectivity index (χ3n) is 5.36. The van der Waals surface area contributed by atoms with Gasteiger partial charge in [0.2, 0.25) is 5.91 Å². The number of thioether (sulfide) groups is 1. The molecule has 1 atom stereocenters. The first-order valence-corrected chi connectivity index (χ1v) is 13.0. The molecule has 0 fully saturated rings. The number of nitrogens with one attached hydrogen (secondary N) is 1. The molecule has 0 saturated heterocycles. The summed E-state index contributed by atoms with van der Waals surface area (Å²) in [7, 11) is 5.60. The number of amides is 1. The van der Waals surface area contributed by atoms with Crippen LogP contribution in [0.15, 0.2) is 59.1 Å². The van der Waals surface area contributed by atoms with Gasteiger partial charge in [-0.2, -0.15) is 0 Å². The summed E-state index contributed by atoms with van der Waals surface area (Å²) in [6.45, 7) is 2.06. The Morgan fingerprint density at radius 3 is 2.54 bits per heavy atom. The fraction of sp³-hybridized carbons (Fsp3) is 0.250. The number of carbonyl (C=O) groups is 1. The van der Waals surface area contributed by atoms with Crippen LogP contribution in [0.25, 0.3) is 16.9 Å². The summed E-state index contributed by atoms with van der Waals surface area (Å²) in [5, 5.41) is 15.4. The zero-order valence-corrected chi connectivity index (χ0v) is 22.1. The first kappa shape index (κ1) is 25.2. The lowest BCUT2D eigenvalue weighted by molar-refractivity contribution is -0.113. The van der Waals surface area contributed by atoms with Crippen molar-refractivity contribution in [3.05, 3.63) is 64.8 Å². The molecule has 2 aromatic heterocycles. The molecule has 35 heavy (non-hydrogen) atoms. The van der Waals surface area contributed by atoms with Crippen molar-refractivity contribution in [1.82, 2.24) is 24.6 Å². The van der Waals surface area contributed by atoms with Crippen LogP contribution in [0.4, 0.5) is 5.13 Å². The number of rotatable bonds is 9. The Bertz CT molecular complexity index is 1290. The van der Waals surface area contributed by atoms with Crippen LogP contribution in [0.3, 0.4) is 0 Å². The predicted octanol–water partition coefficient (Wildman–Crippen LogP) is 5.41. The van der Waals surface area contributed by atoms with Crippen LogP contribution < -0.4 is 10.1 Å². The van der Waals surface area contributed by atoms with Gasteiger partial charge in [-0.3, -0.25) is 14.3 Å². The highest BCUT2D eigenvalue weighted by Crippen LogP contribution is 2.29. The molecular weight excluding hydrogens is 504 g/mol. The predicted molar refractivity (Wildman–Crippen MR) is 142 cm³/mol. The van der Waals surface area contributed by atoms with E-state index in [1.807, 2.05) is 72.6 Å². The molecule has 0 spiro atoms. The number of methoxy groups -OCH3 is 1. The Morgan fingerprint density at radius 2 is 1.89 bits per heavy atom. The van der Waals surface area contributed by atoms with Gasteiger partial charge in [0.25, 0.3) is 0 Å². The first-order chi connectivity index (χ1) is 16.9. The summed E-state index contributed by atoms with van der Waals surface area (Å²) >= 11 is 8.78. The van der Waals surface area contributed by atoms with Gasteiger partial charge >= 0.3 is 0 Å². The minimum Gasteiger partial charge on any atom is -0.497 e. The molecule has 0 radical (unpaired) electrons. The lowest BCUT2D eigenvalue weighted by Crippen LogP contribution is -2.21. The maximum atomic E-state index is 12.7. The molecule has 0 aliphatic carbocycles. The number of halogens is 1. The van der Waals surface area contributed by atoms with Crippen LogP contribution in [0.2, 0.25) is 5.02 Å². The molecule has 1 amide bonds. The fourth-order valence-electron chi connectivity index (χ4n) is 3.22. The Morgan fingerprint density at radius 1 is 1.17 bits per heavy atom. The van der Waals surface area contributed by atoms with Crippen LogP contribution in [0, 0.1) is 0 Å². The van der Waals surface area contributed by atoms with E-state index in [4.69, 9.17) is 16.3 Å². The molecule has 2 aromatic carbocycles. The van der Waals surface area contributed by atoms with Gasteiger partial charge in [0.1, 0.15) is 5.75 Å². The number of ether oxygens (including phenoxy) is 1. The van der Waals surface area contributed by atoms with Crippen LogP contribution >= 0.6 is 34.7 Å². The standard InChI is InChI=1S/C24H25ClN6O2S2/c1-15(30(2)3)22-28-29-24(31(22)18-9-7-17(25)8-10-18)35-14-21(32)27-23-26-20(13-34-23)16-5-11-19(33-4)12-6-16/h5-13,15H,14H2,1-4H3,(H,26,27,32)/t15-/m1/s1. The van der Waals surface area contributed by atoms with Crippen LogP contribution in [0.1, 0.15) is 18.8 Å². The summed E-state index contributed by atoms with van der Waals surface area (Å²) in [6.07, 6.45) is 0. The second kappa shape index (κ2) is 11.2. The average molecular weight is 529 g/mol. The Labute approximate surface area is 217 Å². The maximum absolute atomic E-state index is 12.7. The number of benzene rings is 2. The second-order valence-corrected chi connectivity index (χ2v) is 10.1. The molecule has 0 aliphatic heterocycles. The third kappa shape index (κ3) is 6.02. The summed E-state index contributed by atoms with van der Waals surface area (Å²) < 4.78 is 7.16. The summed E-state index contributed by atoms with van der Waals surface area (Å²) in [4.78, 5) is 19.3. The van der Waals surface area contributed by atoms with Crippen molar-refractivity contribution in [2.75, 3.05) is 32.3 Å². The highest BCUT2D eigenvalue weighted by atomic mass is 35.5.